The number of aliphatic hydroxyl groups excluding tert-OH is 1. The normalized spacial score (nSPS) is 14.8. The predicted molar refractivity (Wildman–Crippen MR) is 195 cm³/mol. The zero-order valence-corrected chi connectivity index (χ0v) is 30.4. The van der Waals surface area contributed by atoms with Gasteiger partial charge in [-0.1, -0.05) is 95.1 Å². The molecule has 1 aliphatic heterocycles. The molecule has 7 heteroatoms. The number of aldehydes is 1. The third-order valence-corrected chi connectivity index (χ3v) is 8.98. The van der Waals surface area contributed by atoms with Crippen LogP contribution in [-0.4, -0.2) is 42.9 Å². The van der Waals surface area contributed by atoms with Gasteiger partial charge in [-0.3, -0.25) is 4.79 Å². The van der Waals surface area contributed by atoms with Crippen molar-refractivity contribution >= 4 is 29.2 Å². The van der Waals surface area contributed by atoms with E-state index >= 15 is 0 Å². The largest absolute Gasteiger partial charge is 0.400 e. The summed E-state index contributed by atoms with van der Waals surface area (Å²) < 4.78 is 20.0. The van der Waals surface area contributed by atoms with Gasteiger partial charge in [-0.25, -0.2) is 4.39 Å². The quantitative estimate of drug-likeness (QED) is 0.151. The lowest BCUT2D eigenvalue weighted by Crippen LogP contribution is -2.28. The van der Waals surface area contributed by atoms with Gasteiger partial charge in [0.2, 0.25) is 0 Å². The van der Waals surface area contributed by atoms with Crippen LogP contribution in [-0.2, 0) is 14.3 Å². The van der Waals surface area contributed by atoms with Gasteiger partial charge in [0, 0.05) is 42.7 Å². The van der Waals surface area contributed by atoms with Gasteiger partial charge in [-0.05, 0) is 92.4 Å². The van der Waals surface area contributed by atoms with Crippen LogP contribution < -0.4 is 0 Å². The third-order valence-electron chi connectivity index (χ3n) is 8.57. The van der Waals surface area contributed by atoms with Crippen molar-refractivity contribution in [1.82, 2.24) is 4.90 Å². The molecule has 1 N–H and O–H groups in total. The van der Waals surface area contributed by atoms with Crippen LogP contribution in [0.4, 0.5) is 4.39 Å². The molecule has 2 atom stereocenters. The van der Waals surface area contributed by atoms with E-state index in [9.17, 15) is 14.0 Å². The van der Waals surface area contributed by atoms with Gasteiger partial charge in [0.15, 0.2) is 5.78 Å². The van der Waals surface area contributed by atoms with Gasteiger partial charge < -0.3 is 19.5 Å². The maximum Gasteiger partial charge on any atom is 0.159 e. The van der Waals surface area contributed by atoms with Gasteiger partial charge in [0.25, 0.3) is 0 Å². The summed E-state index contributed by atoms with van der Waals surface area (Å²) in [5.41, 5.74) is 5.01. The molecule has 3 rings (SSSR count). The highest BCUT2D eigenvalue weighted by Crippen LogP contribution is 2.38. The number of halogens is 2. The molecule has 1 heterocycles. The summed E-state index contributed by atoms with van der Waals surface area (Å²) in [7, 11) is 2.66. The highest BCUT2D eigenvalue weighted by Gasteiger charge is 2.27. The van der Waals surface area contributed by atoms with Crippen LogP contribution in [0.5, 0.6) is 0 Å². The van der Waals surface area contributed by atoms with E-state index < -0.39 is 0 Å². The monoisotopic (exact) mass is 667 g/mol. The average molecular weight is 668 g/mol. The summed E-state index contributed by atoms with van der Waals surface area (Å²) in [5.74, 6) is 0.427. The number of nitrogens with zero attached hydrogens (tertiary/aromatic N) is 1. The Kier molecular flexibility index (Phi) is 19.1. The third kappa shape index (κ3) is 12.3. The molecule has 0 amide bonds. The Labute approximate surface area is 287 Å². The van der Waals surface area contributed by atoms with Gasteiger partial charge in [-0.2, -0.15) is 0 Å². The molecule has 2 unspecified atom stereocenters. The second-order valence-electron chi connectivity index (χ2n) is 12.1. The number of hydrogen-bond donors (Lipinski definition) is 1. The predicted octanol–water partition coefficient (Wildman–Crippen LogP) is 10.4. The van der Waals surface area contributed by atoms with Gasteiger partial charge in [0.05, 0.1) is 6.61 Å². The van der Waals surface area contributed by atoms with Crippen molar-refractivity contribution in [1.29, 1.82) is 0 Å². The molecule has 0 aliphatic carbocycles. The molecular weight excluding hydrogens is 613 g/mol. The number of methoxy groups -OCH3 is 1. The summed E-state index contributed by atoms with van der Waals surface area (Å²) in [6.45, 7) is 16.6. The number of aliphatic hydroxyl groups is 1. The first-order valence-electron chi connectivity index (χ1n) is 16.5. The minimum Gasteiger partial charge on any atom is -0.400 e. The van der Waals surface area contributed by atoms with E-state index in [1.54, 1.807) is 36.4 Å². The molecule has 0 fully saturated rings. The van der Waals surface area contributed by atoms with Crippen LogP contribution in [0.1, 0.15) is 90.7 Å². The smallest absolute Gasteiger partial charge is 0.159 e. The Morgan fingerprint density at radius 1 is 1.15 bits per heavy atom. The average Bonchev–Trinajstić information content (AvgIpc) is 3.08. The minimum absolute atomic E-state index is 0.0245. The SMILES string of the molecule is C=C1C=C(C(C)=O)C=CN1/C(Cl)=C(\CCCC)c1ccccc1-c1ccc(C)cc1F.CCC(C)CCC(C=O)(CC)COC.CO. The van der Waals surface area contributed by atoms with Crippen LogP contribution in [0.25, 0.3) is 16.7 Å². The van der Waals surface area contributed by atoms with E-state index in [0.717, 1.165) is 74.2 Å². The Morgan fingerprint density at radius 3 is 2.36 bits per heavy atom. The zero-order valence-electron chi connectivity index (χ0n) is 29.7. The number of aryl methyl sites for hydroxylation is 1. The van der Waals surface area contributed by atoms with Gasteiger partial charge in [-0.15, -0.1) is 0 Å². The molecule has 1 aliphatic rings. The van der Waals surface area contributed by atoms with E-state index in [-0.39, 0.29) is 17.0 Å². The molecule has 0 saturated carbocycles. The first-order chi connectivity index (χ1) is 22.5. The first-order valence-corrected chi connectivity index (χ1v) is 16.9. The van der Waals surface area contributed by atoms with E-state index in [4.69, 9.17) is 21.4 Å². The highest BCUT2D eigenvalue weighted by atomic mass is 35.5. The molecular formula is C40H55ClFNO4. The Hall–Kier alpha value is -3.32. The number of ketones is 1. The van der Waals surface area contributed by atoms with Crippen molar-refractivity contribution < 1.29 is 23.8 Å². The highest BCUT2D eigenvalue weighted by molar-refractivity contribution is 6.32. The minimum atomic E-state index is -0.255. The van der Waals surface area contributed by atoms with Crippen molar-refractivity contribution in [2.24, 2.45) is 11.3 Å². The molecule has 0 aromatic heterocycles. The van der Waals surface area contributed by atoms with Crippen molar-refractivity contribution in [3.63, 3.8) is 0 Å². The van der Waals surface area contributed by atoms with Gasteiger partial charge >= 0.3 is 0 Å². The molecule has 47 heavy (non-hydrogen) atoms. The van der Waals surface area contributed by atoms with Crippen molar-refractivity contribution in [2.45, 2.75) is 86.5 Å². The molecule has 0 spiro atoms. The van der Waals surface area contributed by atoms with Gasteiger partial charge in [0.1, 0.15) is 17.3 Å². The number of carbonyl (C=O) groups is 2. The van der Waals surface area contributed by atoms with Crippen LogP contribution in [0, 0.1) is 24.1 Å². The molecule has 2 aromatic carbocycles. The number of ether oxygens (including phenoxy) is 1. The van der Waals surface area contributed by atoms with Crippen LogP contribution in [0.15, 0.2) is 83.8 Å². The number of carbonyl (C=O) groups excluding carboxylic acids is 2. The summed E-state index contributed by atoms with van der Waals surface area (Å²) in [4.78, 5) is 24.6. The summed E-state index contributed by atoms with van der Waals surface area (Å²) in [6.07, 6.45) is 13.1. The molecule has 258 valence electrons. The first kappa shape index (κ1) is 41.7. The Bertz CT molecular complexity index is 1410. The number of unbranched alkanes of at least 4 members (excludes halogenated alkanes) is 1. The van der Waals surface area contributed by atoms with E-state index in [1.807, 2.05) is 43.3 Å². The molecule has 0 bridgehead atoms. The topological polar surface area (TPSA) is 66.8 Å². The van der Waals surface area contributed by atoms with Crippen LogP contribution in [0.3, 0.4) is 0 Å². The maximum atomic E-state index is 14.8. The van der Waals surface area contributed by atoms with Crippen molar-refractivity contribution in [3.8, 4) is 11.1 Å². The summed E-state index contributed by atoms with van der Waals surface area (Å²) >= 11 is 6.93. The van der Waals surface area contributed by atoms with E-state index in [0.29, 0.717) is 34.5 Å². The number of hydrogen-bond acceptors (Lipinski definition) is 5. The lowest BCUT2D eigenvalue weighted by Gasteiger charge is -2.27. The number of rotatable bonds is 15. The van der Waals surface area contributed by atoms with Crippen molar-refractivity contribution in [2.75, 3.05) is 20.8 Å². The second-order valence-corrected chi connectivity index (χ2v) is 12.4. The van der Waals surface area contributed by atoms with E-state index in [2.05, 4.69) is 34.3 Å². The van der Waals surface area contributed by atoms with Crippen LogP contribution in [0.2, 0.25) is 0 Å². The number of Topliss-reactive ketones (excluding diaryl/α,β-unsaturated/α-hetero) is 1. The Morgan fingerprint density at radius 2 is 1.83 bits per heavy atom. The lowest BCUT2D eigenvalue weighted by molar-refractivity contribution is -0.120. The fourth-order valence-corrected chi connectivity index (χ4v) is 5.54. The summed E-state index contributed by atoms with van der Waals surface area (Å²) in [6, 6.07) is 13.0. The molecule has 5 nitrogen and oxygen atoms in total. The maximum absolute atomic E-state index is 14.8. The lowest BCUT2D eigenvalue weighted by atomic mass is 9.80. The Balaban J connectivity index is 0.000000582. The zero-order chi connectivity index (χ0) is 35.6. The number of benzene rings is 2. The summed E-state index contributed by atoms with van der Waals surface area (Å²) in [5, 5.41) is 7.51. The van der Waals surface area contributed by atoms with E-state index in [1.165, 1.54) is 13.3 Å². The molecule has 0 saturated heterocycles. The standard InChI is InChI=1S/C27H27ClFNO.C12H24O2.CH4O/c1-5-6-9-25(27(28)30-15-14-21(20(4)31)17-19(30)3)23-11-8-7-10-22(23)24-13-12-18(2)16-26(24)29;1-5-11(3)7-8-12(6-2,9-13)10-14-4;1-2/h7-8,10-17H,3,5-6,9H2,1-2,4H3;9,11H,5-8,10H2,1-4H3;2H,1H3/b27-25+;;. The fraction of sp³-hybridized carbons (Fsp3) is 0.450. The van der Waals surface area contributed by atoms with Crippen molar-refractivity contribution in [3.05, 3.63) is 101 Å². The van der Waals surface area contributed by atoms with Crippen LogP contribution >= 0.6 is 11.6 Å². The fourth-order valence-electron chi connectivity index (χ4n) is 5.18. The molecule has 0 radical (unpaired) electrons. The molecule has 2 aromatic rings. The second kappa shape index (κ2) is 21.5. The number of allylic oxidation sites excluding steroid dienone is 4.